The van der Waals surface area contributed by atoms with Crippen LogP contribution in [-0.2, 0) is 9.59 Å². The van der Waals surface area contributed by atoms with Crippen LogP contribution in [-0.4, -0.2) is 30.9 Å². The molecule has 0 saturated carbocycles. The Kier molecular flexibility index (Phi) is 5.40. The third-order valence-electron chi connectivity index (χ3n) is 4.41. The van der Waals surface area contributed by atoms with Crippen LogP contribution in [0.1, 0.15) is 23.7 Å². The first-order valence-corrected chi connectivity index (χ1v) is 8.72. The highest BCUT2D eigenvalue weighted by Crippen LogP contribution is 2.28. The molecule has 0 aliphatic carbocycles. The molecule has 7 heteroatoms. The number of hydrogen-bond acceptors (Lipinski definition) is 4. The van der Waals surface area contributed by atoms with Gasteiger partial charge in [0.25, 0.3) is 5.91 Å². The Balaban J connectivity index is 1.70. The van der Waals surface area contributed by atoms with Gasteiger partial charge in [-0.15, -0.1) is 0 Å². The van der Waals surface area contributed by atoms with Gasteiger partial charge in [0.1, 0.15) is 5.75 Å². The molecule has 3 rings (SSSR count). The van der Waals surface area contributed by atoms with Crippen molar-refractivity contribution < 1.29 is 19.1 Å². The molecule has 1 heterocycles. The molecule has 1 fully saturated rings. The molecule has 140 valence electrons. The molecule has 27 heavy (non-hydrogen) atoms. The van der Waals surface area contributed by atoms with E-state index < -0.39 is 11.8 Å². The summed E-state index contributed by atoms with van der Waals surface area (Å²) in [4.78, 5) is 38.0. The first kappa shape index (κ1) is 18.4. The minimum atomic E-state index is -0.621. The Morgan fingerprint density at radius 3 is 2.56 bits per heavy atom. The molecule has 0 aromatic heterocycles. The quantitative estimate of drug-likeness (QED) is 0.817. The van der Waals surface area contributed by atoms with E-state index in [1.807, 2.05) is 6.92 Å². The average molecular weight is 367 g/mol. The van der Waals surface area contributed by atoms with Crippen molar-refractivity contribution in [3.8, 4) is 5.75 Å². The zero-order chi connectivity index (χ0) is 19.4. The Bertz CT molecular complexity index is 864. The summed E-state index contributed by atoms with van der Waals surface area (Å²) in [7, 11) is 0. The van der Waals surface area contributed by atoms with E-state index in [-0.39, 0.29) is 30.3 Å². The van der Waals surface area contributed by atoms with E-state index in [0.717, 1.165) is 11.4 Å². The minimum absolute atomic E-state index is 0.109. The molecule has 0 bridgehead atoms. The van der Waals surface area contributed by atoms with Crippen LogP contribution >= 0.6 is 0 Å². The summed E-state index contributed by atoms with van der Waals surface area (Å²) in [5, 5.41) is 2.71. The number of carbonyl (C=O) groups excluding carboxylic acids is 3. The molecule has 1 saturated heterocycles. The molecule has 2 aromatic rings. The summed E-state index contributed by atoms with van der Waals surface area (Å²) in [6, 6.07) is 13.7. The summed E-state index contributed by atoms with van der Waals surface area (Å²) < 4.78 is 5.40. The Hall–Kier alpha value is -3.35. The molecule has 1 atom stereocenters. The van der Waals surface area contributed by atoms with Crippen LogP contribution in [0, 0.1) is 5.92 Å². The molecule has 1 aliphatic rings. The largest absolute Gasteiger partial charge is 0.494 e. The molecule has 2 aromatic carbocycles. The van der Waals surface area contributed by atoms with E-state index in [9.17, 15) is 14.4 Å². The fraction of sp³-hybridized carbons (Fsp3) is 0.250. The second kappa shape index (κ2) is 7.90. The second-order valence-electron chi connectivity index (χ2n) is 6.23. The number of nitrogens with zero attached hydrogens (tertiary/aromatic N) is 1. The Morgan fingerprint density at radius 2 is 1.89 bits per heavy atom. The topological polar surface area (TPSA) is 102 Å². The lowest BCUT2D eigenvalue weighted by molar-refractivity contribution is -0.122. The number of para-hydroxylation sites is 1. The lowest BCUT2D eigenvalue weighted by atomic mass is 10.1. The second-order valence-corrected chi connectivity index (χ2v) is 6.23. The summed E-state index contributed by atoms with van der Waals surface area (Å²) in [6.45, 7) is 2.74. The van der Waals surface area contributed by atoms with Gasteiger partial charge in [-0.05, 0) is 43.3 Å². The van der Waals surface area contributed by atoms with E-state index >= 15 is 0 Å². The van der Waals surface area contributed by atoms with E-state index in [1.165, 1.54) is 0 Å². The van der Waals surface area contributed by atoms with Crippen LogP contribution in [0.5, 0.6) is 5.75 Å². The van der Waals surface area contributed by atoms with Gasteiger partial charge in [-0.1, -0.05) is 12.1 Å². The maximum absolute atomic E-state index is 12.6. The highest BCUT2D eigenvalue weighted by atomic mass is 16.5. The molecule has 0 unspecified atom stereocenters. The number of ether oxygens (including phenoxy) is 1. The van der Waals surface area contributed by atoms with Crippen LogP contribution in [0.2, 0.25) is 0 Å². The predicted octanol–water partition coefficient (Wildman–Crippen LogP) is 2.18. The highest BCUT2D eigenvalue weighted by molar-refractivity contribution is 6.06. The monoisotopic (exact) mass is 367 g/mol. The fourth-order valence-corrected chi connectivity index (χ4v) is 3.06. The molecule has 7 nitrogen and oxygen atoms in total. The number of primary amides is 1. The van der Waals surface area contributed by atoms with E-state index in [1.54, 1.807) is 53.4 Å². The van der Waals surface area contributed by atoms with E-state index in [2.05, 4.69) is 5.32 Å². The van der Waals surface area contributed by atoms with Crippen molar-refractivity contribution in [2.24, 2.45) is 11.7 Å². The standard InChI is InChI=1S/C20H21N3O4/c1-2-27-15-9-7-14(8-10-15)23-12-13(11-18(23)24)20(26)22-17-6-4-3-5-16(17)19(21)25/h3-10,13H,2,11-12H2,1H3,(H2,21,25)(H,22,26)/t13-/m0/s1. The number of rotatable bonds is 6. The van der Waals surface area contributed by atoms with Crippen LogP contribution in [0.25, 0.3) is 0 Å². The van der Waals surface area contributed by atoms with E-state index in [4.69, 9.17) is 10.5 Å². The van der Waals surface area contributed by atoms with Crippen molar-refractivity contribution in [1.29, 1.82) is 0 Å². The number of amides is 3. The van der Waals surface area contributed by atoms with Crippen molar-refractivity contribution in [3.63, 3.8) is 0 Å². The van der Waals surface area contributed by atoms with Gasteiger partial charge in [-0.2, -0.15) is 0 Å². The summed E-state index contributed by atoms with van der Waals surface area (Å²) >= 11 is 0. The summed E-state index contributed by atoms with van der Waals surface area (Å²) in [6.07, 6.45) is 0.109. The molecular formula is C20H21N3O4. The smallest absolute Gasteiger partial charge is 0.250 e. The van der Waals surface area contributed by atoms with Crippen LogP contribution < -0.4 is 20.7 Å². The third kappa shape index (κ3) is 4.08. The van der Waals surface area contributed by atoms with Gasteiger partial charge in [0, 0.05) is 18.7 Å². The first-order chi connectivity index (χ1) is 13.0. The van der Waals surface area contributed by atoms with Gasteiger partial charge in [0.15, 0.2) is 0 Å². The molecule has 0 spiro atoms. The summed E-state index contributed by atoms with van der Waals surface area (Å²) in [5.74, 6) is -0.840. The van der Waals surface area contributed by atoms with Crippen molar-refractivity contribution >= 4 is 29.1 Å². The number of nitrogens with two attached hydrogens (primary N) is 1. The van der Waals surface area contributed by atoms with Gasteiger partial charge in [-0.25, -0.2) is 0 Å². The average Bonchev–Trinajstić information content (AvgIpc) is 3.05. The number of carbonyl (C=O) groups is 3. The Morgan fingerprint density at radius 1 is 1.19 bits per heavy atom. The third-order valence-corrected chi connectivity index (χ3v) is 4.41. The van der Waals surface area contributed by atoms with Gasteiger partial charge < -0.3 is 20.7 Å². The maximum atomic E-state index is 12.6. The van der Waals surface area contributed by atoms with Crippen LogP contribution in [0.4, 0.5) is 11.4 Å². The van der Waals surface area contributed by atoms with Crippen LogP contribution in [0.15, 0.2) is 48.5 Å². The SMILES string of the molecule is CCOc1ccc(N2C[C@@H](C(=O)Nc3ccccc3C(N)=O)CC2=O)cc1. The zero-order valence-corrected chi connectivity index (χ0v) is 15.0. The van der Waals surface area contributed by atoms with E-state index in [0.29, 0.717) is 12.3 Å². The maximum Gasteiger partial charge on any atom is 0.250 e. The molecule has 1 aliphatic heterocycles. The number of hydrogen-bond donors (Lipinski definition) is 2. The lowest BCUT2D eigenvalue weighted by Crippen LogP contribution is -2.28. The normalized spacial score (nSPS) is 16.3. The number of nitrogens with one attached hydrogen (secondary N) is 1. The van der Waals surface area contributed by atoms with Crippen molar-refractivity contribution in [2.45, 2.75) is 13.3 Å². The first-order valence-electron chi connectivity index (χ1n) is 8.72. The molecular weight excluding hydrogens is 346 g/mol. The minimum Gasteiger partial charge on any atom is -0.494 e. The summed E-state index contributed by atoms with van der Waals surface area (Å²) in [5.41, 5.74) is 6.64. The van der Waals surface area contributed by atoms with Crippen LogP contribution in [0.3, 0.4) is 0 Å². The molecule has 3 amide bonds. The highest BCUT2D eigenvalue weighted by Gasteiger charge is 2.35. The van der Waals surface area contributed by atoms with Gasteiger partial charge in [0.05, 0.1) is 23.8 Å². The van der Waals surface area contributed by atoms with Crippen molar-refractivity contribution in [2.75, 3.05) is 23.4 Å². The van der Waals surface area contributed by atoms with Crippen molar-refractivity contribution in [1.82, 2.24) is 0 Å². The number of anilines is 2. The van der Waals surface area contributed by atoms with Gasteiger partial charge in [-0.3, -0.25) is 14.4 Å². The fourth-order valence-electron chi connectivity index (χ4n) is 3.06. The molecule has 3 N–H and O–H groups in total. The molecule has 0 radical (unpaired) electrons. The van der Waals surface area contributed by atoms with Crippen molar-refractivity contribution in [3.05, 3.63) is 54.1 Å². The lowest BCUT2D eigenvalue weighted by Gasteiger charge is -2.17. The number of benzene rings is 2. The van der Waals surface area contributed by atoms with Gasteiger partial charge >= 0.3 is 0 Å². The predicted molar refractivity (Wildman–Crippen MR) is 102 cm³/mol. The Labute approximate surface area is 157 Å². The zero-order valence-electron chi connectivity index (χ0n) is 15.0. The van der Waals surface area contributed by atoms with Gasteiger partial charge in [0.2, 0.25) is 11.8 Å².